The molecule has 1 unspecified atom stereocenters. The fourth-order valence-electron chi connectivity index (χ4n) is 3.04. The average molecular weight is 491 g/mol. The van der Waals surface area contributed by atoms with Gasteiger partial charge in [0.25, 0.3) is 6.01 Å². The normalized spacial score (nSPS) is 13.5. The number of aryl methyl sites for hydroxylation is 1. The van der Waals surface area contributed by atoms with Crippen LogP contribution in [0.3, 0.4) is 0 Å². The molecule has 0 saturated heterocycles. The number of rotatable bonds is 4. The van der Waals surface area contributed by atoms with Crippen LogP contribution < -0.4 is 5.32 Å². The molecular weight excluding hydrogens is 478 g/mol. The Hall–Kier alpha value is -3.35. The van der Waals surface area contributed by atoms with Crippen molar-refractivity contribution in [2.75, 3.05) is 5.32 Å². The Morgan fingerprint density at radius 2 is 1.79 bits per heavy atom. The first kappa shape index (κ1) is 22.8. The number of halogens is 7. The molecule has 1 aromatic carbocycles. The number of oxazole rings is 1. The molecule has 1 atom stereocenters. The van der Waals surface area contributed by atoms with Crippen molar-refractivity contribution in [2.45, 2.75) is 32.2 Å². The zero-order valence-electron chi connectivity index (χ0n) is 16.8. The Balaban J connectivity index is 1.63. The summed E-state index contributed by atoms with van der Waals surface area (Å²) in [6.45, 7) is 3.21. The van der Waals surface area contributed by atoms with Gasteiger partial charge in [0, 0.05) is 12.3 Å². The van der Waals surface area contributed by atoms with Crippen LogP contribution in [0.2, 0.25) is 5.02 Å². The molecular formula is C19H13ClF6N6O. The predicted octanol–water partition coefficient (Wildman–Crippen LogP) is 5.98. The van der Waals surface area contributed by atoms with Gasteiger partial charge >= 0.3 is 12.4 Å². The molecule has 0 aliphatic rings. The van der Waals surface area contributed by atoms with E-state index in [9.17, 15) is 26.3 Å². The van der Waals surface area contributed by atoms with E-state index in [2.05, 4.69) is 25.4 Å². The average Bonchev–Trinajstić information content (AvgIpc) is 3.28. The molecule has 0 fully saturated rings. The standard InChI is InChI=1S/C19H13ClF6N6O/c1-8(28-17-30-13-5-11(19(24,25)26)12(20)6-14(13)33-17)16-29-9(2)31-32(16)15-4-3-10(7-27-15)18(21,22)23/h3-8H,1-2H3,(H,28,30). The Morgan fingerprint density at radius 3 is 2.39 bits per heavy atom. The third kappa shape index (κ3) is 4.58. The van der Waals surface area contributed by atoms with Crippen LogP contribution >= 0.6 is 11.6 Å². The van der Waals surface area contributed by atoms with Gasteiger partial charge < -0.3 is 9.73 Å². The minimum absolute atomic E-state index is 0.0322. The van der Waals surface area contributed by atoms with Crippen molar-refractivity contribution >= 4 is 28.7 Å². The van der Waals surface area contributed by atoms with Gasteiger partial charge in [-0.05, 0) is 32.0 Å². The number of benzene rings is 1. The summed E-state index contributed by atoms with van der Waals surface area (Å²) in [4.78, 5) is 12.1. The Morgan fingerprint density at radius 1 is 1.06 bits per heavy atom. The van der Waals surface area contributed by atoms with Gasteiger partial charge in [-0.25, -0.2) is 9.97 Å². The van der Waals surface area contributed by atoms with E-state index in [0.717, 1.165) is 24.3 Å². The summed E-state index contributed by atoms with van der Waals surface area (Å²) in [7, 11) is 0. The fourth-order valence-corrected chi connectivity index (χ4v) is 3.30. The van der Waals surface area contributed by atoms with Gasteiger partial charge in [0.05, 0.1) is 22.2 Å². The lowest BCUT2D eigenvalue weighted by Crippen LogP contribution is -2.15. The van der Waals surface area contributed by atoms with Crippen molar-refractivity contribution < 1.29 is 30.8 Å². The minimum Gasteiger partial charge on any atom is -0.423 e. The second-order valence-corrected chi connectivity index (χ2v) is 7.42. The lowest BCUT2D eigenvalue weighted by Gasteiger charge is -2.13. The highest BCUT2D eigenvalue weighted by molar-refractivity contribution is 6.32. The third-order valence-corrected chi connectivity index (χ3v) is 4.85. The fraction of sp³-hybridized carbons (Fsp3) is 0.263. The number of alkyl halides is 6. The van der Waals surface area contributed by atoms with Gasteiger partial charge in [-0.15, -0.1) is 5.10 Å². The van der Waals surface area contributed by atoms with E-state index in [1.54, 1.807) is 13.8 Å². The van der Waals surface area contributed by atoms with Crippen molar-refractivity contribution in [3.63, 3.8) is 0 Å². The topological polar surface area (TPSA) is 81.7 Å². The van der Waals surface area contributed by atoms with Gasteiger partial charge in [-0.2, -0.15) is 36.0 Å². The highest BCUT2D eigenvalue weighted by Crippen LogP contribution is 2.38. The molecule has 0 saturated carbocycles. The number of hydrogen-bond donors (Lipinski definition) is 1. The highest BCUT2D eigenvalue weighted by Gasteiger charge is 2.34. The molecule has 0 radical (unpaired) electrons. The molecule has 33 heavy (non-hydrogen) atoms. The van der Waals surface area contributed by atoms with E-state index in [0.29, 0.717) is 12.0 Å². The first-order chi connectivity index (χ1) is 15.3. The molecule has 174 valence electrons. The molecule has 4 aromatic rings. The van der Waals surface area contributed by atoms with Gasteiger partial charge in [0.2, 0.25) is 0 Å². The van der Waals surface area contributed by atoms with Crippen molar-refractivity contribution in [1.82, 2.24) is 24.7 Å². The lowest BCUT2D eigenvalue weighted by molar-refractivity contribution is -0.138. The monoisotopic (exact) mass is 490 g/mol. The number of pyridine rings is 1. The van der Waals surface area contributed by atoms with Crippen LogP contribution in [0.15, 0.2) is 34.9 Å². The highest BCUT2D eigenvalue weighted by atomic mass is 35.5. The SMILES string of the molecule is Cc1nc(C(C)Nc2nc3cc(C(F)(F)F)c(Cl)cc3o2)n(-c2ccc(C(F)(F)F)cn2)n1. The molecule has 0 aliphatic carbocycles. The van der Waals surface area contributed by atoms with Gasteiger partial charge in [-0.1, -0.05) is 11.6 Å². The molecule has 7 nitrogen and oxygen atoms in total. The molecule has 14 heteroatoms. The summed E-state index contributed by atoms with van der Waals surface area (Å²) in [5.41, 5.74) is -2.00. The van der Waals surface area contributed by atoms with E-state index in [1.807, 2.05) is 0 Å². The Bertz CT molecular complexity index is 1310. The van der Waals surface area contributed by atoms with Crippen LogP contribution in [0.1, 0.15) is 35.7 Å². The summed E-state index contributed by atoms with van der Waals surface area (Å²) < 4.78 is 84.3. The maximum absolute atomic E-state index is 13.1. The number of fused-ring (bicyclic) bond motifs is 1. The molecule has 3 heterocycles. The van der Waals surface area contributed by atoms with Crippen LogP contribution in [0.5, 0.6) is 0 Å². The van der Waals surface area contributed by atoms with Crippen LogP contribution in [-0.4, -0.2) is 24.7 Å². The van der Waals surface area contributed by atoms with Crippen LogP contribution in [-0.2, 0) is 12.4 Å². The van der Waals surface area contributed by atoms with E-state index in [4.69, 9.17) is 16.0 Å². The first-order valence-corrected chi connectivity index (χ1v) is 9.61. The molecule has 3 aromatic heterocycles. The summed E-state index contributed by atoms with van der Waals surface area (Å²) >= 11 is 5.70. The van der Waals surface area contributed by atoms with E-state index < -0.39 is 34.5 Å². The summed E-state index contributed by atoms with van der Waals surface area (Å²) in [6, 6.07) is 3.02. The van der Waals surface area contributed by atoms with Crippen molar-refractivity contribution in [1.29, 1.82) is 0 Å². The number of hydrogen-bond acceptors (Lipinski definition) is 6. The largest absolute Gasteiger partial charge is 0.423 e. The van der Waals surface area contributed by atoms with E-state index >= 15 is 0 Å². The molecule has 4 rings (SSSR count). The second-order valence-electron chi connectivity index (χ2n) is 7.01. The molecule has 0 bridgehead atoms. The summed E-state index contributed by atoms with van der Waals surface area (Å²) in [5, 5.41) is 6.48. The zero-order valence-corrected chi connectivity index (χ0v) is 17.5. The van der Waals surface area contributed by atoms with E-state index in [-0.39, 0.29) is 28.8 Å². The van der Waals surface area contributed by atoms with Crippen molar-refractivity contribution in [2.24, 2.45) is 0 Å². The quantitative estimate of drug-likeness (QED) is 0.355. The zero-order chi connectivity index (χ0) is 24.1. The Kier molecular flexibility index (Phi) is 5.47. The maximum atomic E-state index is 13.1. The molecule has 1 N–H and O–H groups in total. The molecule has 0 spiro atoms. The molecule has 0 aliphatic heterocycles. The van der Waals surface area contributed by atoms with Crippen molar-refractivity contribution in [3.05, 3.63) is 58.3 Å². The van der Waals surface area contributed by atoms with Crippen LogP contribution in [0.4, 0.5) is 32.4 Å². The summed E-state index contributed by atoms with van der Waals surface area (Å²) in [5.74, 6) is 0.668. The number of aromatic nitrogens is 5. The smallest absolute Gasteiger partial charge is 0.417 e. The summed E-state index contributed by atoms with van der Waals surface area (Å²) in [6.07, 6.45) is -8.52. The Labute approximate surface area is 186 Å². The third-order valence-electron chi connectivity index (χ3n) is 4.54. The van der Waals surface area contributed by atoms with Gasteiger partial charge in [-0.3, -0.25) is 0 Å². The van der Waals surface area contributed by atoms with E-state index in [1.165, 1.54) is 4.68 Å². The van der Waals surface area contributed by atoms with Gasteiger partial charge in [0.15, 0.2) is 17.2 Å². The predicted molar refractivity (Wildman–Crippen MR) is 105 cm³/mol. The first-order valence-electron chi connectivity index (χ1n) is 9.24. The second kappa shape index (κ2) is 7.90. The minimum atomic E-state index is -4.66. The number of nitrogens with zero attached hydrogens (tertiary/aromatic N) is 5. The number of nitrogens with one attached hydrogen (secondary N) is 1. The molecule has 0 amide bonds. The number of anilines is 1. The van der Waals surface area contributed by atoms with Gasteiger partial charge in [0.1, 0.15) is 11.3 Å². The van der Waals surface area contributed by atoms with Crippen LogP contribution in [0, 0.1) is 6.92 Å². The van der Waals surface area contributed by atoms with Crippen LogP contribution in [0.25, 0.3) is 16.9 Å². The lowest BCUT2D eigenvalue weighted by atomic mass is 10.2. The maximum Gasteiger partial charge on any atom is 0.417 e. The van der Waals surface area contributed by atoms with Crippen molar-refractivity contribution in [3.8, 4) is 5.82 Å².